The highest BCUT2D eigenvalue weighted by Crippen LogP contribution is 2.35. The van der Waals surface area contributed by atoms with Crippen molar-refractivity contribution < 1.29 is 9.53 Å². The largest absolute Gasteiger partial charge is 0.381 e. The summed E-state index contributed by atoms with van der Waals surface area (Å²) in [6.45, 7) is 3.51. The Kier molecular flexibility index (Phi) is 5.63. The molecule has 32 heavy (non-hydrogen) atoms. The second-order valence-corrected chi connectivity index (χ2v) is 8.40. The van der Waals surface area contributed by atoms with Crippen molar-refractivity contribution >= 4 is 40.6 Å². The van der Waals surface area contributed by atoms with Crippen LogP contribution in [0.15, 0.2) is 36.5 Å². The number of hydrogen-bond acceptors (Lipinski definition) is 7. The molecule has 0 spiro atoms. The molecule has 2 aliphatic heterocycles. The number of nitrogens with zero attached hydrogens (tertiary/aromatic N) is 3. The molecule has 3 aromatic rings. The number of aryl methyl sites for hydroxylation is 1. The number of halogens is 1. The van der Waals surface area contributed by atoms with Gasteiger partial charge in [0.15, 0.2) is 0 Å². The van der Waals surface area contributed by atoms with Crippen LogP contribution in [0.2, 0.25) is 5.02 Å². The van der Waals surface area contributed by atoms with Gasteiger partial charge in [0.25, 0.3) is 0 Å². The maximum atomic E-state index is 12.3. The summed E-state index contributed by atoms with van der Waals surface area (Å²) in [5.74, 6) is 1.16. The normalized spacial score (nSPS) is 15.9. The minimum absolute atomic E-state index is 0.121. The summed E-state index contributed by atoms with van der Waals surface area (Å²) < 4.78 is 5.41. The summed E-state index contributed by atoms with van der Waals surface area (Å²) in [5, 5.41) is 10.2. The highest BCUT2D eigenvalue weighted by Gasteiger charge is 2.21. The minimum atomic E-state index is -0.121. The third-order valence-electron chi connectivity index (χ3n) is 5.63. The first kappa shape index (κ1) is 20.7. The van der Waals surface area contributed by atoms with Gasteiger partial charge in [-0.2, -0.15) is 0 Å². The van der Waals surface area contributed by atoms with Gasteiger partial charge in [0.1, 0.15) is 5.82 Å². The van der Waals surface area contributed by atoms with E-state index in [9.17, 15) is 4.79 Å². The van der Waals surface area contributed by atoms with E-state index in [0.29, 0.717) is 28.4 Å². The number of amides is 1. The number of carbonyl (C=O) groups is 1. The van der Waals surface area contributed by atoms with Crippen LogP contribution in [0.25, 0.3) is 11.3 Å². The fourth-order valence-electron chi connectivity index (χ4n) is 3.97. The Bertz CT molecular complexity index is 1180. The molecule has 0 aliphatic carbocycles. The van der Waals surface area contributed by atoms with Gasteiger partial charge >= 0.3 is 0 Å². The van der Waals surface area contributed by atoms with Crippen LogP contribution in [0.5, 0.6) is 0 Å². The van der Waals surface area contributed by atoms with Gasteiger partial charge in [-0.15, -0.1) is 0 Å². The van der Waals surface area contributed by atoms with Crippen molar-refractivity contribution in [3.8, 4) is 11.3 Å². The van der Waals surface area contributed by atoms with Gasteiger partial charge in [0, 0.05) is 41.6 Å². The van der Waals surface area contributed by atoms with Crippen molar-refractivity contribution in [2.75, 3.05) is 29.2 Å². The van der Waals surface area contributed by atoms with Gasteiger partial charge in [-0.1, -0.05) is 11.6 Å². The molecule has 4 heterocycles. The predicted molar refractivity (Wildman–Crippen MR) is 125 cm³/mol. The SMILES string of the molecule is Cc1nc(NC2CCOCC2)ccc1Nc1ncc2c(n1)-c1ccc(Cl)cc1NC(=O)C2. The van der Waals surface area contributed by atoms with Crippen LogP contribution < -0.4 is 16.0 Å². The lowest BCUT2D eigenvalue weighted by Crippen LogP contribution is -2.28. The van der Waals surface area contributed by atoms with E-state index < -0.39 is 0 Å². The lowest BCUT2D eigenvalue weighted by atomic mass is 10.1. The Morgan fingerprint density at radius 1 is 1.16 bits per heavy atom. The standard InChI is InChI=1S/C23H23ClN6O2/c1-13-18(4-5-20(26-13)27-16-6-8-32-9-7-16)29-23-25-12-14-10-21(31)28-19-11-15(24)2-3-17(19)22(14)30-23/h2-5,11-12,16H,6-10H2,1H3,(H,26,27)(H,28,31)(H,25,29,30). The summed E-state index contributed by atoms with van der Waals surface area (Å²) in [5.41, 5.74) is 4.58. The van der Waals surface area contributed by atoms with Crippen LogP contribution in [0.1, 0.15) is 24.1 Å². The number of anilines is 4. The van der Waals surface area contributed by atoms with Crippen molar-refractivity contribution in [2.24, 2.45) is 0 Å². The average molecular weight is 451 g/mol. The first-order valence-electron chi connectivity index (χ1n) is 10.6. The molecular weight excluding hydrogens is 428 g/mol. The molecule has 0 atom stereocenters. The number of ether oxygens (including phenoxy) is 1. The van der Waals surface area contributed by atoms with Gasteiger partial charge in [-0.05, 0) is 50.1 Å². The molecule has 0 saturated carbocycles. The number of hydrogen-bond donors (Lipinski definition) is 3. The first-order chi connectivity index (χ1) is 15.5. The second kappa shape index (κ2) is 8.72. The predicted octanol–water partition coefficient (Wildman–Crippen LogP) is 4.33. The third-order valence-corrected chi connectivity index (χ3v) is 5.87. The lowest BCUT2D eigenvalue weighted by molar-refractivity contribution is -0.115. The van der Waals surface area contributed by atoms with E-state index >= 15 is 0 Å². The molecular formula is C23H23ClN6O2. The Balaban J connectivity index is 1.40. The van der Waals surface area contributed by atoms with Gasteiger partial charge in [-0.3, -0.25) is 4.79 Å². The summed E-state index contributed by atoms with van der Waals surface area (Å²) >= 11 is 6.12. The Labute approximate surface area is 190 Å². The zero-order chi connectivity index (χ0) is 22.1. The molecule has 2 aliphatic rings. The molecule has 9 heteroatoms. The minimum Gasteiger partial charge on any atom is -0.381 e. The maximum Gasteiger partial charge on any atom is 0.228 e. The van der Waals surface area contributed by atoms with E-state index in [-0.39, 0.29) is 12.3 Å². The number of pyridine rings is 1. The fraction of sp³-hybridized carbons (Fsp3) is 0.304. The van der Waals surface area contributed by atoms with E-state index in [1.54, 1.807) is 18.3 Å². The molecule has 3 N–H and O–H groups in total. The molecule has 164 valence electrons. The maximum absolute atomic E-state index is 12.3. The second-order valence-electron chi connectivity index (χ2n) is 7.97. The Morgan fingerprint density at radius 2 is 2.00 bits per heavy atom. The van der Waals surface area contributed by atoms with Crippen molar-refractivity contribution in [1.82, 2.24) is 15.0 Å². The van der Waals surface area contributed by atoms with Crippen molar-refractivity contribution in [3.05, 3.63) is 52.8 Å². The molecule has 2 aromatic heterocycles. The summed E-state index contributed by atoms with van der Waals surface area (Å²) in [7, 11) is 0. The molecule has 1 fully saturated rings. The Hall–Kier alpha value is -3.23. The molecule has 0 bridgehead atoms. The Morgan fingerprint density at radius 3 is 2.81 bits per heavy atom. The first-order valence-corrected chi connectivity index (χ1v) is 11.0. The van der Waals surface area contributed by atoms with E-state index in [2.05, 4.69) is 25.9 Å². The van der Waals surface area contributed by atoms with Crippen LogP contribution in [0.4, 0.5) is 23.1 Å². The van der Waals surface area contributed by atoms with E-state index in [1.807, 2.05) is 25.1 Å². The fourth-order valence-corrected chi connectivity index (χ4v) is 4.14. The van der Waals surface area contributed by atoms with Gasteiger partial charge in [-0.25, -0.2) is 15.0 Å². The third kappa shape index (κ3) is 4.37. The monoisotopic (exact) mass is 450 g/mol. The van der Waals surface area contributed by atoms with Gasteiger partial charge < -0.3 is 20.7 Å². The van der Waals surface area contributed by atoms with Crippen molar-refractivity contribution in [2.45, 2.75) is 32.2 Å². The molecule has 1 saturated heterocycles. The number of benzene rings is 1. The van der Waals surface area contributed by atoms with Crippen LogP contribution >= 0.6 is 11.6 Å². The van der Waals surface area contributed by atoms with Gasteiger partial charge in [0.05, 0.1) is 29.2 Å². The lowest BCUT2D eigenvalue weighted by Gasteiger charge is -2.24. The topological polar surface area (TPSA) is 101 Å². The van der Waals surface area contributed by atoms with E-state index in [0.717, 1.165) is 54.4 Å². The molecule has 8 nitrogen and oxygen atoms in total. The molecule has 1 aromatic carbocycles. The summed E-state index contributed by atoms with van der Waals surface area (Å²) in [6.07, 6.45) is 3.86. The van der Waals surface area contributed by atoms with Gasteiger partial charge in [0.2, 0.25) is 11.9 Å². The highest BCUT2D eigenvalue weighted by molar-refractivity contribution is 6.31. The zero-order valence-electron chi connectivity index (χ0n) is 17.6. The molecule has 5 rings (SSSR count). The number of carbonyl (C=O) groups excluding carboxylic acids is 1. The molecule has 0 unspecified atom stereocenters. The van der Waals surface area contributed by atoms with Crippen LogP contribution in [-0.4, -0.2) is 40.1 Å². The summed E-state index contributed by atoms with van der Waals surface area (Å²) in [4.78, 5) is 26.1. The van der Waals surface area contributed by atoms with Crippen LogP contribution in [-0.2, 0) is 16.0 Å². The molecule has 1 amide bonds. The average Bonchev–Trinajstić information content (AvgIpc) is 2.91. The highest BCUT2D eigenvalue weighted by atomic mass is 35.5. The number of nitrogens with one attached hydrogen (secondary N) is 3. The van der Waals surface area contributed by atoms with E-state index in [4.69, 9.17) is 21.3 Å². The van der Waals surface area contributed by atoms with Crippen molar-refractivity contribution in [1.29, 1.82) is 0 Å². The number of aromatic nitrogens is 3. The zero-order valence-corrected chi connectivity index (χ0v) is 18.4. The summed E-state index contributed by atoms with van der Waals surface area (Å²) in [6, 6.07) is 9.69. The quantitative estimate of drug-likeness (QED) is 0.543. The smallest absolute Gasteiger partial charge is 0.228 e. The van der Waals surface area contributed by atoms with Crippen LogP contribution in [0.3, 0.4) is 0 Å². The van der Waals surface area contributed by atoms with Crippen LogP contribution in [0, 0.1) is 6.92 Å². The number of fused-ring (bicyclic) bond motifs is 3. The van der Waals surface area contributed by atoms with E-state index in [1.165, 1.54) is 0 Å². The number of rotatable bonds is 4. The molecule has 0 radical (unpaired) electrons. The van der Waals surface area contributed by atoms with Crippen molar-refractivity contribution in [3.63, 3.8) is 0 Å².